The Balaban J connectivity index is 2.10. The van der Waals surface area contributed by atoms with Crippen molar-refractivity contribution in [2.75, 3.05) is 0 Å². The van der Waals surface area contributed by atoms with Crippen LogP contribution in [0.2, 0.25) is 0 Å². The number of hydrogen-bond donors (Lipinski definition) is 2. The molecule has 2 aromatic carbocycles. The lowest BCUT2D eigenvalue weighted by Crippen LogP contribution is -1.93. The Hall–Kier alpha value is -2.74. The third-order valence-corrected chi connectivity index (χ3v) is 4.13. The van der Waals surface area contributed by atoms with Crippen LogP contribution in [0.3, 0.4) is 0 Å². The van der Waals surface area contributed by atoms with Gasteiger partial charge < -0.3 is 9.40 Å². The second-order valence-corrected chi connectivity index (χ2v) is 6.03. The van der Waals surface area contributed by atoms with Crippen molar-refractivity contribution in [1.82, 2.24) is 15.2 Å². The molecule has 24 heavy (non-hydrogen) atoms. The fourth-order valence-corrected chi connectivity index (χ4v) is 2.90. The largest absolute Gasteiger partial charge is 0.434 e. The van der Waals surface area contributed by atoms with Gasteiger partial charge in [-0.2, -0.15) is 0 Å². The third kappa shape index (κ3) is 2.35. The molecule has 4 aromatic rings. The van der Waals surface area contributed by atoms with Crippen LogP contribution in [-0.4, -0.2) is 15.2 Å². The first-order chi connectivity index (χ1) is 11.5. The molecule has 0 radical (unpaired) electrons. The highest BCUT2D eigenvalue weighted by Gasteiger charge is 2.22. The van der Waals surface area contributed by atoms with Gasteiger partial charge in [0.15, 0.2) is 0 Å². The van der Waals surface area contributed by atoms with E-state index in [0.717, 1.165) is 10.5 Å². The number of benzene rings is 2. The minimum atomic E-state index is -0.773. The maximum absolute atomic E-state index is 14.4. The zero-order valence-corrected chi connectivity index (χ0v) is 13.4. The highest BCUT2D eigenvalue weighted by atomic mass is 79.9. The van der Waals surface area contributed by atoms with Gasteiger partial charge in [-0.1, -0.05) is 28.1 Å². The maximum atomic E-state index is 14.4. The highest BCUT2D eigenvalue weighted by Crippen LogP contribution is 2.38. The van der Waals surface area contributed by atoms with Gasteiger partial charge in [0, 0.05) is 15.9 Å². The lowest BCUT2D eigenvalue weighted by molar-refractivity contribution is 0.527. The number of halogens is 3. The van der Waals surface area contributed by atoms with Gasteiger partial charge in [0.25, 0.3) is 5.89 Å². The summed E-state index contributed by atoms with van der Waals surface area (Å²) in [5, 5.41) is 6.03. The van der Waals surface area contributed by atoms with Gasteiger partial charge in [-0.05, 0) is 23.8 Å². The molecule has 0 saturated heterocycles. The Morgan fingerprint density at radius 3 is 2.54 bits per heavy atom. The number of fused-ring (bicyclic) bond motifs is 1. The van der Waals surface area contributed by atoms with Gasteiger partial charge in [0.05, 0.1) is 16.8 Å². The average molecular weight is 392 g/mol. The third-order valence-electron chi connectivity index (χ3n) is 3.60. The summed E-state index contributed by atoms with van der Waals surface area (Å²) in [5.74, 6) is -2.32. The monoisotopic (exact) mass is 391 g/mol. The van der Waals surface area contributed by atoms with Crippen molar-refractivity contribution in [1.29, 1.82) is 0 Å². The predicted molar refractivity (Wildman–Crippen MR) is 87.5 cm³/mol. The van der Waals surface area contributed by atoms with E-state index < -0.39 is 17.4 Å². The molecule has 0 aliphatic rings. The smallest absolute Gasteiger partial charge is 0.388 e. The number of aromatic nitrogens is 3. The topological polar surface area (TPSA) is 74.7 Å². The molecular formula is C16H8BrF2N3O2. The summed E-state index contributed by atoms with van der Waals surface area (Å²) in [6, 6.07) is 9.14. The molecule has 0 atom stereocenters. The number of nitrogens with zero attached hydrogens (tertiary/aromatic N) is 1. The van der Waals surface area contributed by atoms with Gasteiger partial charge in [0.1, 0.15) is 11.6 Å². The van der Waals surface area contributed by atoms with Crippen LogP contribution in [0.25, 0.3) is 33.6 Å². The molecule has 0 spiro atoms. The van der Waals surface area contributed by atoms with Crippen LogP contribution >= 0.6 is 15.9 Å². The zero-order valence-electron chi connectivity index (χ0n) is 11.9. The summed E-state index contributed by atoms with van der Waals surface area (Å²) < 4.78 is 33.8. The van der Waals surface area contributed by atoms with Crippen LogP contribution in [0.4, 0.5) is 8.78 Å². The molecule has 2 N–H and O–H groups in total. The molecule has 120 valence electrons. The van der Waals surface area contributed by atoms with Crippen LogP contribution in [0.5, 0.6) is 0 Å². The SMILES string of the molecule is O=c1[nH]nc(-c2c(-c3ccc(Br)cc3)[nH]c3cc(F)cc(F)c23)o1. The van der Waals surface area contributed by atoms with E-state index in [4.69, 9.17) is 4.42 Å². The Kier molecular flexibility index (Phi) is 3.34. The molecule has 0 fully saturated rings. The average Bonchev–Trinajstić information content (AvgIpc) is 3.11. The van der Waals surface area contributed by atoms with Crippen LogP contribution in [0, 0.1) is 11.6 Å². The van der Waals surface area contributed by atoms with E-state index in [-0.39, 0.29) is 22.4 Å². The summed E-state index contributed by atoms with van der Waals surface area (Å²) in [6.07, 6.45) is 0. The standard InChI is InChI=1S/C16H8BrF2N3O2/c17-8-3-1-7(2-4-8)14-13(15-21-22-16(23)24-15)12-10(19)5-9(18)6-11(12)20-14/h1-6,20H,(H,22,23). The van der Waals surface area contributed by atoms with Gasteiger partial charge in [-0.25, -0.2) is 18.7 Å². The molecular weight excluding hydrogens is 384 g/mol. The molecule has 2 heterocycles. The lowest BCUT2D eigenvalue weighted by atomic mass is 10.0. The first-order valence-electron chi connectivity index (χ1n) is 6.85. The van der Waals surface area contributed by atoms with E-state index in [9.17, 15) is 13.6 Å². The van der Waals surface area contributed by atoms with Crippen molar-refractivity contribution >= 4 is 26.8 Å². The van der Waals surface area contributed by atoms with Crippen molar-refractivity contribution < 1.29 is 13.2 Å². The van der Waals surface area contributed by atoms with Crippen LogP contribution in [0.1, 0.15) is 0 Å². The first kappa shape index (κ1) is 14.8. The quantitative estimate of drug-likeness (QED) is 0.537. The number of hydrogen-bond acceptors (Lipinski definition) is 3. The van der Waals surface area contributed by atoms with Gasteiger partial charge >= 0.3 is 5.76 Å². The van der Waals surface area contributed by atoms with Gasteiger partial charge in [0.2, 0.25) is 0 Å². The molecule has 0 amide bonds. The van der Waals surface area contributed by atoms with Crippen molar-refractivity contribution in [3.05, 3.63) is 63.1 Å². The van der Waals surface area contributed by atoms with Gasteiger partial charge in [-0.15, -0.1) is 5.10 Å². The van der Waals surface area contributed by atoms with Crippen molar-refractivity contribution in [3.63, 3.8) is 0 Å². The fraction of sp³-hybridized carbons (Fsp3) is 0. The molecule has 4 rings (SSSR count). The van der Waals surface area contributed by atoms with Crippen LogP contribution in [-0.2, 0) is 0 Å². The lowest BCUT2D eigenvalue weighted by Gasteiger charge is -2.02. The maximum Gasteiger partial charge on any atom is 0.434 e. The molecule has 0 aliphatic carbocycles. The second-order valence-electron chi connectivity index (χ2n) is 5.11. The predicted octanol–water partition coefficient (Wildman–Crippen LogP) is 4.22. The summed E-state index contributed by atoms with van der Waals surface area (Å²) in [6.45, 7) is 0. The van der Waals surface area contributed by atoms with E-state index >= 15 is 0 Å². The van der Waals surface area contributed by atoms with E-state index in [1.54, 1.807) is 12.1 Å². The Morgan fingerprint density at radius 1 is 1.12 bits per heavy atom. The zero-order chi connectivity index (χ0) is 16.8. The normalized spacial score (nSPS) is 11.3. The number of rotatable bonds is 2. The Morgan fingerprint density at radius 2 is 1.88 bits per heavy atom. The summed E-state index contributed by atoms with van der Waals surface area (Å²) in [5.41, 5.74) is 1.67. The molecule has 2 aromatic heterocycles. The summed E-state index contributed by atoms with van der Waals surface area (Å²) >= 11 is 3.34. The molecule has 0 saturated carbocycles. The minimum Gasteiger partial charge on any atom is -0.388 e. The van der Waals surface area contributed by atoms with E-state index in [1.807, 2.05) is 12.1 Å². The molecule has 0 aliphatic heterocycles. The second kappa shape index (κ2) is 5.41. The Labute approximate surface area is 141 Å². The summed E-state index contributed by atoms with van der Waals surface area (Å²) in [4.78, 5) is 14.3. The number of aromatic amines is 2. The molecule has 0 bridgehead atoms. The van der Waals surface area contributed by atoms with Crippen molar-refractivity contribution in [2.45, 2.75) is 0 Å². The van der Waals surface area contributed by atoms with E-state index in [1.165, 1.54) is 6.07 Å². The van der Waals surface area contributed by atoms with E-state index in [0.29, 0.717) is 11.3 Å². The molecule has 8 heteroatoms. The number of nitrogens with one attached hydrogen (secondary N) is 2. The minimum absolute atomic E-state index is 0.0744. The first-order valence-corrected chi connectivity index (χ1v) is 7.65. The van der Waals surface area contributed by atoms with Crippen LogP contribution in [0.15, 0.2) is 50.1 Å². The van der Waals surface area contributed by atoms with Crippen molar-refractivity contribution in [2.24, 2.45) is 0 Å². The van der Waals surface area contributed by atoms with Crippen LogP contribution < -0.4 is 5.76 Å². The summed E-state index contributed by atoms with van der Waals surface area (Å²) in [7, 11) is 0. The fourth-order valence-electron chi connectivity index (χ4n) is 2.63. The highest BCUT2D eigenvalue weighted by molar-refractivity contribution is 9.10. The van der Waals surface area contributed by atoms with Crippen molar-refractivity contribution in [3.8, 4) is 22.7 Å². The molecule has 0 unspecified atom stereocenters. The van der Waals surface area contributed by atoms with Gasteiger partial charge in [-0.3, -0.25) is 0 Å². The molecule has 5 nitrogen and oxygen atoms in total. The van der Waals surface area contributed by atoms with E-state index in [2.05, 4.69) is 31.1 Å². The number of H-pyrrole nitrogens is 2. The Bertz CT molecular complexity index is 1110.